The van der Waals surface area contributed by atoms with Gasteiger partial charge in [0, 0.05) is 30.1 Å². The van der Waals surface area contributed by atoms with Crippen molar-refractivity contribution in [2.45, 2.75) is 30.5 Å². The molecule has 3 aromatic rings. The van der Waals surface area contributed by atoms with E-state index in [2.05, 4.69) is 27.0 Å². The third kappa shape index (κ3) is 4.81. The summed E-state index contributed by atoms with van der Waals surface area (Å²) in [6.07, 6.45) is 2.95. The van der Waals surface area contributed by atoms with Gasteiger partial charge in [-0.3, -0.25) is 9.36 Å². The summed E-state index contributed by atoms with van der Waals surface area (Å²) in [7, 11) is 0. The SMILES string of the molecule is O=C(CSc1nnc(Cc2cccs2)n1-c1ccccc1)NC[C@@H]1CCCO1. The largest absolute Gasteiger partial charge is 0.376 e. The van der Waals surface area contributed by atoms with Gasteiger partial charge in [-0.15, -0.1) is 21.5 Å². The minimum Gasteiger partial charge on any atom is -0.376 e. The smallest absolute Gasteiger partial charge is 0.230 e. The summed E-state index contributed by atoms with van der Waals surface area (Å²) in [6.45, 7) is 1.37. The van der Waals surface area contributed by atoms with E-state index in [-0.39, 0.29) is 12.0 Å². The first kappa shape index (κ1) is 19.2. The van der Waals surface area contributed by atoms with Gasteiger partial charge in [-0.1, -0.05) is 36.0 Å². The standard InChI is InChI=1S/C20H22N4O2S2/c25-19(21-13-16-8-4-10-26-16)14-28-20-23-22-18(12-17-9-5-11-27-17)24(20)15-6-2-1-3-7-15/h1-3,5-7,9,11,16H,4,8,10,12-14H2,(H,21,25)/t16-/m0/s1. The van der Waals surface area contributed by atoms with Gasteiger partial charge in [-0.05, 0) is 36.4 Å². The van der Waals surface area contributed by atoms with Crippen molar-refractivity contribution in [3.63, 3.8) is 0 Å². The Balaban J connectivity index is 1.45. The lowest BCUT2D eigenvalue weighted by molar-refractivity contribution is -0.119. The van der Waals surface area contributed by atoms with E-state index in [1.54, 1.807) is 11.3 Å². The lowest BCUT2D eigenvalue weighted by Crippen LogP contribution is -2.32. The molecule has 0 radical (unpaired) electrons. The van der Waals surface area contributed by atoms with Crippen molar-refractivity contribution >= 4 is 29.0 Å². The van der Waals surface area contributed by atoms with Crippen LogP contribution >= 0.6 is 23.1 Å². The second kappa shape index (κ2) is 9.36. The van der Waals surface area contributed by atoms with Crippen LogP contribution in [0.1, 0.15) is 23.5 Å². The van der Waals surface area contributed by atoms with Gasteiger partial charge in [0.25, 0.3) is 0 Å². The third-order valence-electron chi connectivity index (χ3n) is 4.51. The highest BCUT2D eigenvalue weighted by Gasteiger charge is 2.18. The molecule has 146 valence electrons. The maximum Gasteiger partial charge on any atom is 0.230 e. The van der Waals surface area contributed by atoms with E-state index in [1.165, 1.54) is 16.6 Å². The molecule has 2 aromatic heterocycles. The van der Waals surface area contributed by atoms with Crippen LogP contribution in [-0.4, -0.2) is 45.7 Å². The highest BCUT2D eigenvalue weighted by atomic mass is 32.2. The van der Waals surface area contributed by atoms with E-state index in [0.717, 1.165) is 36.1 Å². The number of aromatic nitrogens is 3. The van der Waals surface area contributed by atoms with Crippen LogP contribution in [0.25, 0.3) is 5.69 Å². The van der Waals surface area contributed by atoms with Crippen LogP contribution in [0.3, 0.4) is 0 Å². The van der Waals surface area contributed by atoms with E-state index in [0.29, 0.717) is 18.7 Å². The van der Waals surface area contributed by atoms with Crippen molar-refractivity contribution in [3.05, 3.63) is 58.5 Å². The van der Waals surface area contributed by atoms with Crippen molar-refractivity contribution in [2.24, 2.45) is 0 Å². The molecule has 4 rings (SSSR count). The first-order valence-electron chi connectivity index (χ1n) is 9.33. The summed E-state index contributed by atoms with van der Waals surface area (Å²) in [5, 5.41) is 14.5. The van der Waals surface area contributed by atoms with Crippen molar-refractivity contribution in [1.29, 1.82) is 0 Å². The van der Waals surface area contributed by atoms with Crippen molar-refractivity contribution in [3.8, 4) is 5.69 Å². The minimum atomic E-state index is -0.0112. The molecule has 1 aliphatic heterocycles. The molecule has 1 fully saturated rings. The van der Waals surface area contributed by atoms with Crippen LogP contribution in [0.15, 0.2) is 53.0 Å². The summed E-state index contributed by atoms with van der Waals surface area (Å²) in [5.74, 6) is 1.16. The van der Waals surface area contributed by atoms with E-state index < -0.39 is 0 Å². The Morgan fingerprint density at radius 3 is 2.89 bits per heavy atom. The minimum absolute atomic E-state index is 0.0112. The zero-order valence-corrected chi connectivity index (χ0v) is 17.0. The Hall–Kier alpha value is -2.16. The second-order valence-corrected chi connectivity index (χ2v) is 8.53. The van der Waals surface area contributed by atoms with Gasteiger partial charge in [0.2, 0.25) is 5.91 Å². The number of nitrogens with one attached hydrogen (secondary N) is 1. The number of carbonyl (C=O) groups is 1. The number of nitrogens with zero attached hydrogens (tertiary/aromatic N) is 3. The molecule has 1 amide bonds. The molecule has 0 aliphatic carbocycles. The predicted molar refractivity (Wildman–Crippen MR) is 111 cm³/mol. The number of thiophene rings is 1. The van der Waals surface area contributed by atoms with Crippen LogP contribution < -0.4 is 5.32 Å². The number of thioether (sulfide) groups is 1. The third-order valence-corrected chi connectivity index (χ3v) is 6.32. The van der Waals surface area contributed by atoms with E-state index in [4.69, 9.17) is 4.74 Å². The fourth-order valence-electron chi connectivity index (χ4n) is 3.13. The topological polar surface area (TPSA) is 69.0 Å². The predicted octanol–water partition coefficient (Wildman–Crippen LogP) is 3.31. The normalized spacial score (nSPS) is 16.4. The van der Waals surface area contributed by atoms with E-state index in [9.17, 15) is 4.79 Å². The number of hydrogen-bond acceptors (Lipinski definition) is 6. The van der Waals surface area contributed by atoms with Crippen molar-refractivity contribution < 1.29 is 9.53 Å². The highest BCUT2D eigenvalue weighted by Crippen LogP contribution is 2.24. The Morgan fingerprint density at radius 2 is 2.14 bits per heavy atom. The number of rotatable bonds is 8. The quantitative estimate of drug-likeness (QED) is 0.573. The average Bonchev–Trinajstić information content (AvgIpc) is 3.48. The van der Waals surface area contributed by atoms with Gasteiger partial charge < -0.3 is 10.1 Å². The van der Waals surface area contributed by atoms with Gasteiger partial charge >= 0.3 is 0 Å². The first-order chi connectivity index (χ1) is 13.8. The molecule has 3 heterocycles. The second-order valence-electron chi connectivity index (χ2n) is 6.55. The first-order valence-corrected chi connectivity index (χ1v) is 11.2. The number of ether oxygens (including phenoxy) is 1. The van der Waals surface area contributed by atoms with Gasteiger partial charge in [0.15, 0.2) is 5.16 Å². The molecule has 1 saturated heterocycles. The fraction of sp³-hybridized carbons (Fsp3) is 0.350. The lowest BCUT2D eigenvalue weighted by atomic mass is 10.2. The van der Waals surface area contributed by atoms with Gasteiger partial charge in [-0.25, -0.2) is 0 Å². The molecule has 1 aliphatic rings. The van der Waals surface area contributed by atoms with Crippen LogP contribution in [0, 0.1) is 0 Å². The average molecular weight is 415 g/mol. The van der Waals surface area contributed by atoms with E-state index >= 15 is 0 Å². The van der Waals surface area contributed by atoms with Crippen LogP contribution in [-0.2, 0) is 16.0 Å². The molecular weight excluding hydrogens is 392 g/mol. The summed E-state index contributed by atoms with van der Waals surface area (Å²) in [5.41, 5.74) is 1.00. The summed E-state index contributed by atoms with van der Waals surface area (Å²) < 4.78 is 7.59. The summed E-state index contributed by atoms with van der Waals surface area (Å²) in [6, 6.07) is 14.2. The van der Waals surface area contributed by atoms with Gasteiger partial charge in [0.1, 0.15) is 5.82 Å². The maximum absolute atomic E-state index is 12.2. The number of carbonyl (C=O) groups excluding carboxylic acids is 1. The molecule has 28 heavy (non-hydrogen) atoms. The molecule has 8 heteroatoms. The summed E-state index contributed by atoms with van der Waals surface area (Å²) >= 11 is 3.11. The molecule has 0 saturated carbocycles. The Kier molecular flexibility index (Phi) is 6.41. The molecule has 1 N–H and O–H groups in total. The molecule has 1 aromatic carbocycles. The molecule has 0 spiro atoms. The Morgan fingerprint density at radius 1 is 1.25 bits per heavy atom. The van der Waals surface area contributed by atoms with Crippen LogP contribution in [0.2, 0.25) is 0 Å². The lowest BCUT2D eigenvalue weighted by Gasteiger charge is -2.11. The monoisotopic (exact) mass is 414 g/mol. The zero-order chi connectivity index (χ0) is 19.2. The molecule has 1 atom stereocenters. The fourth-order valence-corrected chi connectivity index (χ4v) is 4.63. The molecule has 6 nitrogen and oxygen atoms in total. The van der Waals surface area contributed by atoms with E-state index in [1.807, 2.05) is 41.0 Å². The van der Waals surface area contributed by atoms with Gasteiger partial charge in [0.05, 0.1) is 11.9 Å². The van der Waals surface area contributed by atoms with Crippen LogP contribution in [0.5, 0.6) is 0 Å². The van der Waals surface area contributed by atoms with Crippen molar-refractivity contribution in [2.75, 3.05) is 18.9 Å². The molecular formula is C20H22N4O2S2. The Labute approximate surface area is 172 Å². The van der Waals surface area contributed by atoms with Crippen molar-refractivity contribution in [1.82, 2.24) is 20.1 Å². The van der Waals surface area contributed by atoms with Crippen LogP contribution in [0.4, 0.5) is 0 Å². The maximum atomic E-state index is 12.2. The number of hydrogen-bond donors (Lipinski definition) is 1. The number of benzene rings is 1. The zero-order valence-electron chi connectivity index (χ0n) is 15.4. The Bertz CT molecular complexity index is 890. The number of para-hydroxylation sites is 1. The molecule has 0 bridgehead atoms. The number of amides is 1. The molecule has 0 unspecified atom stereocenters. The highest BCUT2D eigenvalue weighted by molar-refractivity contribution is 7.99. The summed E-state index contributed by atoms with van der Waals surface area (Å²) in [4.78, 5) is 13.5. The van der Waals surface area contributed by atoms with Gasteiger partial charge in [-0.2, -0.15) is 0 Å².